The van der Waals surface area contributed by atoms with Gasteiger partial charge in [0.05, 0.1) is 17.6 Å². The summed E-state index contributed by atoms with van der Waals surface area (Å²) in [6.07, 6.45) is 0. The van der Waals surface area contributed by atoms with Crippen molar-refractivity contribution in [3.63, 3.8) is 0 Å². The number of hydrogen-bond donors (Lipinski definition) is 0. The molecule has 0 unspecified atom stereocenters. The van der Waals surface area contributed by atoms with Crippen LogP contribution in [0, 0.1) is 0 Å². The van der Waals surface area contributed by atoms with E-state index in [-0.39, 0.29) is 12.3 Å². The first-order valence-electron chi connectivity index (χ1n) is 5.85. The van der Waals surface area contributed by atoms with Crippen LogP contribution >= 0.6 is 0 Å². The van der Waals surface area contributed by atoms with Crippen LogP contribution in [-0.2, 0) is 11.3 Å². The van der Waals surface area contributed by atoms with Gasteiger partial charge in [-0.1, -0.05) is 12.1 Å². The summed E-state index contributed by atoms with van der Waals surface area (Å²) in [5.41, 5.74) is 0.770. The summed E-state index contributed by atoms with van der Waals surface area (Å²) in [7, 11) is 0. The quantitative estimate of drug-likeness (QED) is 0.772. The van der Waals surface area contributed by atoms with Crippen molar-refractivity contribution in [3.8, 4) is 0 Å². The average Bonchev–Trinajstić information content (AvgIpc) is 2.38. The molecule has 2 aromatic rings. The summed E-state index contributed by atoms with van der Waals surface area (Å²) in [4.78, 5) is 27.9. The molecule has 5 nitrogen and oxygen atoms in total. The fourth-order valence-corrected chi connectivity index (χ4v) is 1.84. The molecule has 0 N–H and O–H groups in total. The summed E-state index contributed by atoms with van der Waals surface area (Å²) in [5.74, 6) is -0.671. The molecule has 18 heavy (non-hydrogen) atoms. The second-order valence-corrected chi connectivity index (χ2v) is 3.72. The van der Waals surface area contributed by atoms with Gasteiger partial charge in [0, 0.05) is 6.54 Å². The first kappa shape index (κ1) is 12.3. The number of fused-ring (bicyclic) bond motifs is 1. The number of hydrogen-bond acceptors (Lipinski definition) is 4. The first-order valence-corrected chi connectivity index (χ1v) is 5.85. The first-order chi connectivity index (χ1) is 8.69. The van der Waals surface area contributed by atoms with Crippen molar-refractivity contribution in [3.05, 3.63) is 40.3 Å². The number of carbonyl (C=O) groups is 1. The Labute approximate surface area is 104 Å². The standard InChI is InChI=1S/C13H14N2O3/c1-3-15-10-8-6-5-7-9(10)14-11(12(15)16)13(17)18-4-2/h5-8H,3-4H2,1-2H3. The normalized spacial score (nSPS) is 10.6. The number of nitrogens with zero attached hydrogens (tertiary/aromatic N) is 2. The molecule has 0 saturated heterocycles. The molecular weight excluding hydrogens is 232 g/mol. The van der Waals surface area contributed by atoms with Gasteiger partial charge in [-0.2, -0.15) is 0 Å². The van der Waals surface area contributed by atoms with Gasteiger partial charge in [0.2, 0.25) is 5.69 Å². The highest BCUT2D eigenvalue weighted by Crippen LogP contribution is 2.10. The van der Waals surface area contributed by atoms with Crippen LogP contribution in [0.2, 0.25) is 0 Å². The van der Waals surface area contributed by atoms with Crippen molar-refractivity contribution in [2.75, 3.05) is 6.61 Å². The number of rotatable bonds is 3. The molecule has 0 aliphatic rings. The smallest absolute Gasteiger partial charge is 0.362 e. The predicted molar refractivity (Wildman–Crippen MR) is 67.6 cm³/mol. The summed E-state index contributed by atoms with van der Waals surface area (Å²) >= 11 is 0. The number of benzene rings is 1. The van der Waals surface area contributed by atoms with Crippen molar-refractivity contribution in [2.24, 2.45) is 0 Å². The van der Waals surface area contributed by atoms with Crippen molar-refractivity contribution >= 4 is 17.0 Å². The SMILES string of the molecule is CCOC(=O)c1nc2ccccc2n(CC)c1=O. The topological polar surface area (TPSA) is 61.2 Å². The highest BCUT2D eigenvalue weighted by Gasteiger charge is 2.17. The van der Waals surface area contributed by atoms with Gasteiger partial charge in [-0.25, -0.2) is 9.78 Å². The van der Waals surface area contributed by atoms with Gasteiger partial charge in [-0.05, 0) is 26.0 Å². The Kier molecular flexibility index (Phi) is 3.41. The van der Waals surface area contributed by atoms with Gasteiger partial charge >= 0.3 is 5.97 Å². The summed E-state index contributed by atoms with van der Waals surface area (Å²) in [6.45, 7) is 4.24. The average molecular weight is 246 g/mol. The number of aryl methyl sites for hydroxylation is 1. The molecule has 2 rings (SSSR count). The van der Waals surface area contributed by atoms with Gasteiger partial charge in [-0.15, -0.1) is 0 Å². The Hall–Kier alpha value is -2.17. The minimum Gasteiger partial charge on any atom is -0.461 e. The van der Waals surface area contributed by atoms with E-state index in [0.717, 1.165) is 5.52 Å². The molecule has 0 amide bonds. The van der Waals surface area contributed by atoms with Crippen LogP contribution in [0.25, 0.3) is 11.0 Å². The molecule has 94 valence electrons. The third-order valence-corrected chi connectivity index (χ3v) is 2.64. The number of carbonyl (C=O) groups excluding carboxylic acids is 1. The van der Waals surface area contributed by atoms with Crippen LogP contribution < -0.4 is 5.56 Å². The van der Waals surface area contributed by atoms with Crippen LogP contribution in [0.4, 0.5) is 0 Å². The molecule has 0 atom stereocenters. The number of ether oxygens (including phenoxy) is 1. The Bertz CT molecular complexity index is 646. The third kappa shape index (κ3) is 1.99. The Morgan fingerprint density at radius 2 is 2.06 bits per heavy atom. The monoisotopic (exact) mass is 246 g/mol. The number of esters is 1. The van der Waals surface area contributed by atoms with Crippen molar-refractivity contribution in [2.45, 2.75) is 20.4 Å². The van der Waals surface area contributed by atoms with E-state index in [4.69, 9.17) is 4.74 Å². The Morgan fingerprint density at radius 1 is 1.33 bits per heavy atom. The zero-order valence-corrected chi connectivity index (χ0v) is 10.3. The van der Waals surface area contributed by atoms with Crippen LogP contribution in [0.3, 0.4) is 0 Å². The number of aromatic nitrogens is 2. The van der Waals surface area contributed by atoms with Crippen LogP contribution in [0.1, 0.15) is 24.3 Å². The van der Waals surface area contributed by atoms with Gasteiger partial charge < -0.3 is 9.30 Å². The van der Waals surface area contributed by atoms with E-state index in [1.165, 1.54) is 4.57 Å². The molecular formula is C13H14N2O3. The second-order valence-electron chi connectivity index (χ2n) is 3.72. The lowest BCUT2D eigenvalue weighted by atomic mass is 10.2. The number of para-hydroxylation sites is 2. The fraction of sp³-hybridized carbons (Fsp3) is 0.308. The molecule has 1 aromatic heterocycles. The molecule has 0 fully saturated rings. The minimum absolute atomic E-state index is 0.155. The molecule has 0 aliphatic heterocycles. The lowest BCUT2D eigenvalue weighted by Gasteiger charge is -2.09. The van der Waals surface area contributed by atoms with Gasteiger partial charge in [0.15, 0.2) is 0 Å². The highest BCUT2D eigenvalue weighted by atomic mass is 16.5. The summed E-state index contributed by atoms with van der Waals surface area (Å²) < 4.78 is 6.36. The van der Waals surface area contributed by atoms with Gasteiger partial charge in [0.25, 0.3) is 5.56 Å². The molecule has 0 saturated carbocycles. The van der Waals surface area contributed by atoms with Crippen molar-refractivity contribution < 1.29 is 9.53 Å². The maximum absolute atomic E-state index is 12.1. The van der Waals surface area contributed by atoms with E-state index in [0.29, 0.717) is 12.1 Å². The maximum atomic E-state index is 12.1. The van der Waals surface area contributed by atoms with Crippen LogP contribution in [0.15, 0.2) is 29.1 Å². The molecule has 1 heterocycles. The van der Waals surface area contributed by atoms with E-state index < -0.39 is 11.5 Å². The molecule has 1 aromatic carbocycles. The summed E-state index contributed by atoms with van der Waals surface area (Å²) in [5, 5.41) is 0. The molecule has 0 radical (unpaired) electrons. The fourth-order valence-electron chi connectivity index (χ4n) is 1.84. The van der Waals surface area contributed by atoms with Crippen LogP contribution in [-0.4, -0.2) is 22.1 Å². The van der Waals surface area contributed by atoms with Gasteiger partial charge in [0.1, 0.15) is 0 Å². The minimum atomic E-state index is -0.671. The second kappa shape index (κ2) is 5.00. The third-order valence-electron chi connectivity index (χ3n) is 2.64. The van der Waals surface area contributed by atoms with Crippen molar-refractivity contribution in [1.29, 1.82) is 0 Å². The molecule has 0 bridgehead atoms. The molecule has 0 aliphatic carbocycles. The van der Waals surface area contributed by atoms with Crippen molar-refractivity contribution in [1.82, 2.24) is 9.55 Å². The zero-order chi connectivity index (χ0) is 13.1. The Morgan fingerprint density at radius 3 is 2.72 bits per heavy atom. The molecule has 5 heteroatoms. The Balaban J connectivity index is 2.73. The van der Waals surface area contributed by atoms with E-state index in [1.54, 1.807) is 13.0 Å². The van der Waals surface area contributed by atoms with Gasteiger partial charge in [-0.3, -0.25) is 4.79 Å². The largest absolute Gasteiger partial charge is 0.461 e. The maximum Gasteiger partial charge on any atom is 0.362 e. The lowest BCUT2D eigenvalue weighted by Crippen LogP contribution is -2.29. The molecule has 0 spiro atoms. The van der Waals surface area contributed by atoms with E-state index >= 15 is 0 Å². The van der Waals surface area contributed by atoms with E-state index in [9.17, 15) is 9.59 Å². The highest BCUT2D eigenvalue weighted by molar-refractivity contribution is 5.89. The van der Waals surface area contributed by atoms with Crippen LogP contribution in [0.5, 0.6) is 0 Å². The predicted octanol–water partition coefficient (Wildman–Crippen LogP) is 1.59. The zero-order valence-electron chi connectivity index (χ0n) is 10.3. The van der Waals surface area contributed by atoms with E-state index in [2.05, 4.69) is 4.98 Å². The summed E-state index contributed by atoms with van der Waals surface area (Å²) in [6, 6.07) is 7.22. The lowest BCUT2D eigenvalue weighted by molar-refractivity contribution is 0.0517. The van der Waals surface area contributed by atoms with E-state index in [1.807, 2.05) is 25.1 Å².